The van der Waals surface area contributed by atoms with Crippen LogP contribution in [0.4, 0.5) is 0 Å². The lowest BCUT2D eigenvalue weighted by Gasteiger charge is -2.20. The minimum absolute atomic E-state index is 0.0755. The van der Waals surface area contributed by atoms with Gasteiger partial charge in [-0.15, -0.1) is 5.10 Å². The summed E-state index contributed by atoms with van der Waals surface area (Å²) in [5.41, 5.74) is 0.992. The van der Waals surface area contributed by atoms with E-state index >= 15 is 0 Å². The molecule has 0 bridgehead atoms. The van der Waals surface area contributed by atoms with Crippen LogP contribution in [0.15, 0.2) is 40.3 Å². The van der Waals surface area contributed by atoms with Crippen molar-refractivity contribution in [1.82, 2.24) is 19.7 Å². The molecule has 3 rings (SSSR count). The molecule has 1 aliphatic rings. The predicted octanol–water partition coefficient (Wildman–Crippen LogP) is 1.34. The van der Waals surface area contributed by atoms with Gasteiger partial charge in [0.1, 0.15) is 0 Å². The van der Waals surface area contributed by atoms with Crippen molar-refractivity contribution in [1.29, 1.82) is 0 Å². The lowest BCUT2D eigenvalue weighted by atomic mass is 10.2. The number of aliphatic hydroxyl groups is 1. The van der Waals surface area contributed by atoms with Crippen molar-refractivity contribution in [3.63, 3.8) is 0 Å². The maximum atomic E-state index is 12.0. The zero-order valence-electron chi connectivity index (χ0n) is 15.0. The summed E-state index contributed by atoms with van der Waals surface area (Å²) in [5.74, 6) is 0.481. The van der Waals surface area contributed by atoms with Crippen molar-refractivity contribution < 1.29 is 9.84 Å². The summed E-state index contributed by atoms with van der Waals surface area (Å²) in [6.45, 7) is 2.62. The molecule has 142 valence electrons. The molecule has 8 heteroatoms. The molecule has 0 radical (unpaired) electrons. The van der Waals surface area contributed by atoms with E-state index in [1.54, 1.807) is 4.57 Å². The van der Waals surface area contributed by atoms with E-state index < -0.39 is 6.10 Å². The van der Waals surface area contributed by atoms with E-state index in [1.807, 2.05) is 25.2 Å². The van der Waals surface area contributed by atoms with E-state index in [0.717, 1.165) is 26.0 Å². The number of aliphatic hydroxyl groups excluding tert-OH is 1. The Morgan fingerprint density at radius 1 is 1.46 bits per heavy atom. The van der Waals surface area contributed by atoms with Gasteiger partial charge in [-0.25, -0.2) is 9.89 Å². The molecule has 0 spiro atoms. The Balaban J connectivity index is 1.48. The number of benzene rings is 1. The lowest BCUT2D eigenvalue weighted by molar-refractivity contribution is 0.0941. The first-order valence-corrected chi connectivity index (χ1v) is 9.90. The zero-order chi connectivity index (χ0) is 18.4. The Morgan fingerprint density at radius 3 is 3.00 bits per heavy atom. The standard InChI is InChI=1S/C18H26N4O3S/c1-21(10-14-6-3-2-4-7-14)11-15(23)13-26-18-20-19-17(24)22(18)12-16-8-5-9-25-16/h2-4,6-7,15-16,23H,5,8-13H2,1H3,(H,19,24). The van der Waals surface area contributed by atoms with Gasteiger partial charge in [0.15, 0.2) is 5.16 Å². The van der Waals surface area contributed by atoms with Gasteiger partial charge in [0, 0.05) is 25.4 Å². The second kappa shape index (κ2) is 9.36. The number of thioether (sulfide) groups is 1. The molecule has 2 unspecified atom stereocenters. The number of ether oxygens (including phenoxy) is 1. The van der Waals surface area contributed by atoms with Gasteiger partial charge in [-0.2, -0.15) is 0 Å². The van der Waals surface area contributed by atoms with Gasteiger partial charge in [0.2, 0.25) is 0 Å². The summed E-state index contributed by atoms with van der Waals surface area (Å²) < 4.78 is 7.22. The van der Waals surface area contributed by atoms with E-state index in [9.17, 15) is 9.90 Å². The minimum atomic E-state index is -0.503. The molecule has 2 atom stereocenters. The molecule has 2 aromatic rings. The van der Waals surface area contributed by atoms with E-state index in [4.69, 9.17) is 4.74 Å². The molecule has 2 N–H and O–H groups in total. The largest absolute Gasteiger partial charge is 0.391 e. The lowest BCUT2D eigenvalue weighted by Crippen LogP contribution is -2.30. The van der Waals surface area contributed by atoms with Crippen LogP contribution in [0.2, 0.25) is 0 Å². The van der Waals surface area contributed by atoms with Crippen molar-refractivity contribution >= 4 is 11.8 Å². The highest BCUT2D eigenvalue weighted by molar-refractivity contribution is 7.99. The molecule has 1 fully saturated rings. The third-order valence-electron chi connectivity index (χ3n) is 4.36. The van der Waals surface area contributed by atoms with E-state index in [2.05, 4.69) is 27.2 Å². The third kappa shape index (κ3) is 5.44. The average molecular weight is 378 g/mol. The van der Waals surface area contributed by atoms with Gasteiger partial charge >= 0.3 is 5.69 Å². The topological polar surface area (TPSA) is 83.4 Å². The molecule has 1 saturated heterocycles. The minimum Gasteiger partial charge on any atom is -0.391 e. The molecule has 1 aromatic carbocycles. The van der Waals surface area contributed by atoms with Gasteiger partial charge in [-0.3, -0.25) is 9.47 Å². The van der Waals surface area contributed by atoms with E-state index in [1.165, 1.54) is 17.3 Å². The molecule has 2 heterocycles. The van der Waals surface area contributed by atoms with Gasteiger partial charge in [-0.1, -0.05) is 42.1 Å². The number of aromatic amines is 1. The zero-order valence-corrected chi connectivity index (χ0v) is 15.8. The smallest absolute Gasteiger partial charge is 0.344 e. The third-order valence-corrected chi connectivity index (χ3v) is 5.48. The average Bonchev–Trinajstić information content (AvgIpc) is 3.25. The summed E-state index contributed by atoms with van der Waals surface area (Å²) >= 11 is 1.40. The molecule has 0 amide bonds. The van der Waals surface area contributed by atoms with Crippen molar-refractivity contribution in [3.8, 4) is 0 Å². The fraction of sp³-hybridized carbons (Fsp3) is 0.556. The van der Waals surface area contributed by atoms with Crippen LogP contribution >= 0.6 is 11.8 Å². The van der Waals surface area contributed by atoms with Crippen LogP contribution in [0.25, 0.3) is 0 Å². The quantitative estimate of drug-likeness (QED) is 0.641. The number of nitrogens with zero attached hydrogens (tertiary/aromatic N) is 3. The molecule has 1 aliphatic heterocycles. The van der Waals surface area contributed by atoms with Crippen LogP contribution in [0, 0.1) is 0 Å². The molecule has 0 aliphatic carbocycles. The van der Waals surface area contributed by atoms with Crippen molar-refractivity contribution in [3.05, 3.63) is 46.4 Å². The Kier molecular flexibility index (Phi) is 6.90. The molecule has 0 saturated carbocycles. The van der Waals surface area contributed by atoms with Gasteiger partial charge in [-0.05, 0) is 25.5 Å². The van der Waals surface area contributed by atoms with Gasteiger partial charge in [0.25, 0.3) is 0 Å². The Bertz CT molecular complexity index is 728. The van der Waals surface area contributed by atoms with Crippen molar-refractivity contribution in [2.24, 2.45) is 0 Å². The summed E-state index contributed by atoms with van der Waals surface area (Å²) in [6.07, 6.45) is 1.57. The van der Waals surface area contributed by atoms with Crippen LogP contribution < -0.4 is 5.69 Å². The summed E-state index contributed by atoms with van der Waals surface area (Å²) in [4.78, 5) is 14.0. The van der Waals surface area contributed by atoms with Crippen LogP contribution in [-0.4, -0.2) is 62.9 Å². The maximum absolute atomic E-state index is 12.0. The van der Waals surface area contributed by atoms with Crippen molar-refractivity contribution in [2.45, 2.75) is 43.3 Å². The summed E-state index contributed by atoms with van der Waals surface area (Å²) in [7, 11) is 1.99. The van der Waals surface area contributed by atoms with E-state index in [0.29, 0.717) is 24.0 Å². The van der Waals surface area contributed by atoms with Gasteiger partial charge in [0.05, 0.1) is 18.8 Å². The number of aromatic nitrogens is 3. The van der Waals surface area contributed by atoms with Crippen molar-refractivity contribution in [2.75, 3.05) is 26.0 Å². The number of hydrogen-bond donors (Lipinski definition) is 2. The van der Waals surface area contributed by atoms with Crippen LogP contribution in [0.1, 0.15) is 18.4 Å². The molecular formula is C18H26N4O3S. The van der Waals surface area contributed by atoms with Crippen LogP contribution in [0.3, 0.4) is 0 Å². The second-order valence-electron chi connectivity index (χ2n) is 6.70. The highest BCUT2D eigenvalue weighted by Crippen LogP contribution is 2.19. The number of H-pyrrole nitrogens is 1. The normalized spacial score (nSPS) is 18.5. The molecule has 26 heavy (non-hydrogen) atoms. The molecule has 1 aromatic heterocycles. The monoisotopic (exact) mass is 378 g/mol. The predicted molar refractivity (Wildman–Crippen MR) is 101 cm³/mol. The number of nitrogens with one attached hydrogen (secondary N) is 1. The molecule has 7 nitrogen and oxygen atoms in total. The Labute approximate surface area is 157 Å². The second-order valence-corrected chi connectivity index (χ2v) is 7.69. The molecular weight excluding hydrogens is 352 g/mol. The van der Waals surface area contributed by atoms with E-state index in [-0.39, 0.29) is 11.8 Å². The first-order valence-electron chi connectivity index (χ1n) is 8.92. The van der Waals surface area contributed by atoms with Crippen LogP contribution in [-0.2, 0) is 17.8 Å². The maximum Gasteiger partial charge on any atom is 0.344 e. The highest BCUT2D eigenvalue weighted by atomic mass is 32.2. The first-order chi connectivity index (χ1) is 12.6. The summed E-state index contributed by atoms with van der Waals surface area (Å²) in [6, 6.07) is 10.2. The number of likely N-dealkylation sites (N-methyl/N-ethyl adjacent to an activating group) is 1. The highest BCUT2D eigenvalue weighted by Gasteiger charge is 2.20. The Morgan fingerprint density at radius 2 is 2.27 bits per heavy atom. The summed E-state index contributed by atoms with van der Waals surface area (Å²) in [5, 5.41) is 17.5. The SMILES string of the molecule is CN(Cc1ccccc1)CC(O)CSc1n[nH]c(=O)n1CC1CCCO1. The van der Waals surface area contributed by atoms with Gasteiger partial charge < -0.3 is 9.84 Å². The van der Waals surface area contributed by atoms with Crippen LogP contribution in [0.5, 0.6) is 0 Å². The Hall–Kier alpha value is -1.61. The fourth-order valence-electron chi connectivity index (χ4n) is 3.11. The first kappa shape index (κ1) is 19.2. The number of hydrogen-bond acceptors (Lipinski definition) is 6. The number of rotatable bonds is 9. The fourth-order valence-corrected chi connectivity index (χ4v) is 3.98.